The van der Waals surface area contributed by atoms with Gasteiger partial charge in [-0.05, 0) is 42.4 Å². The summed E-state index contributed by atoms with van der Waals surface area (Å²) in [4.78, 5) is 0. The summed E-state index contributed by atoms with van der Waals surface area (Å²) in [7, 11) is 0. The van der Waals surface area contributed by atoms with Gasteiger partial charge in [-0.3, -0.25) is 0 Å². The third-order valence-electron chi connectivity index (χ3n) is 3.10. The lowest BCUT2D eigenvalue weighted by molar-refractivity contribution is 0.307. The quantitative estimate of drug-likeness (QED) is 0.642. The fourth-order valence-electron chi connectivity index (χ4n) is 1.54. The molecule has 0 spiro atoms. The molecule has 0 amide bonds. The average Bonchev–Trinajstić information content (AvgIpc) is 2.36. The van der Waals surface area contributed by atoms with Crippen molar-refractivity contribution >= 4 is 0 Å². The highest BCUT2D eigenvalue weighted by Gasteiger charge is 2.19. The zero-order chi connectivity index (χ0) is 13.1. The molecule has 3 atom stereocenters. The van der Waals surface area contributed by atoms with Gasteiger partial charge in [0.2, 0.25) is 0 Å². The van der Waals surface area contributed by atoms with E-state index in [0.717, 1.165) is 12.8 Å². The van der Waals surface area contributed by atoms with Crippen LogP contribution < -0.4 is 0 Å². The molecule has 0 aromatic carbocycles. The third-order valence-corrected chi connectivity index (χ3v) is 3.10. The molecule has 0 aromatic rings. The van der Waals surface area contributed by atoms with E-state index in [1.54, 1.807) is 6.92 Å². The lowest BCUT2D eigenvalue weighted by atomic mass is 9.81. The predicted molar refractivity (Wildman–Crippen MR) is 74.6 cm³/mol. The van der Waals surface area contributed by atoms with Gasteiger partial charge < -0.3 is 0 Å². The summed E-state index contributed by atoms with van der Waals surface area (Å²) >= 11 is 0. The maximum absolute atomic E-state index is 5.18. The second-order valence-electron chi connectivity index (χ2n) is 4.15. The zero-order valence-electron chi connectivity index (χ0n) is 11.2. The van der Waals surface area contributed by atoms with Gasteiger partial charge in [-0.1, -0.05) is 45.0 Å². The van der Waals surface area contributed by atoms with E-state index >= 15 is 0 Å². The van der Waals surface area contributed by atoms with Crippen LogP contribution in [0.1, 0.15) is 40.5 Å². The predicted octanol–water partition coefficient (Wildman–Crippen LogP) is 3.34. The first-order valence-electron chi connectivity index (χ1n) is 6.03. The van der Waals surface area contributed by atoms with Crippen LogP contribution in [0.3, 0.4) is 0 Å². The largest absolute Gasteiger partial charge is 0.106 e. The van der Waals surface area contributed by atoms with E-state index in [-0.39, 0.29) is 5.92 Å². The van der Waals surface area contributed by atoms with Gasteiger partial charge in [0.1, 0.15) is 0 Å². The Labute approximate surface area is 107 Å². The molecule has 17 heavy (non-hydrogen) atoms. The molecule has 0 aliphatic rings. The Balaban J connectivity index is 4.71. The van der Waals surface area contributed by atoms with E-state index in [2.05, 4.69) is 62.2 Å². The Morgan fingerprint density at radius 3 is 2.35 bits per heavy atom. The molecule has 0 saturated heterocycles. The van der Waals surface area contributed by atoms with E-state index < -0.39 is 0 Å². The van der Waals surface area contributed by atoms with Crippen LogP contribution >= 0.6 is 0 Å². The minimum atomic E-state index is 0.243. The first-order chi connectivity index (χ1) is 8.17. The van der Waals surface area contributed by atoms with Crippen molar-refractivity contribution in [2.75, 3.05) is 0 Å². The van der Waals surface area contributed by atoms with E-state index in [1.165, 1.54) is 0 Å². The second kappa shape index (κ2) is 9.46. The molecule has 0 saturated carbocycles. The van der Waals surface area contributed by atoms with Crippen molar-refractivity contribution < 1.29 is 0 Å². The molecular weight excluding hydrogens is 204 g/mol. The maximum Gasteiger partial charge on any atom is 0.0350 e. The van der Waals surface area contributed by atoms with Crippen molar-refractivity contribution in [2.24, 2.45) is 17.8 Å². The van der Waals surface area contributed by atoms with Crippen molar-refractivity contribution in [3.63, 3.8) is 0 Å². The molecule has 0 heteroatoms. The van der Waals surface area contributed by atoms with Crippen LogP contribution in [0.4, 0.5) is 0 Å². The van der Waals surface area contributed by atoms with Crippen LogP contribution in [0, 0.1) is 65.6 Å². The summed E-state index contributed by atoms with van der Waals surface area (Å²) in [6, 6.07) is 0. The molecule has 0 radical (unpaired) electrons. The minimum absolute atomic E-state index is 0.243. The van der Waals surface area contributed by atoms with Crippen molar-refractivity contribution in [2.45, 2.75) is 40.5 Å². The maximum atomic E-state index is 5.18. The molecule has 0 rings (SSSR count). The molecule has 0 nitrogen and oxygen atoms in total. The Hall–Kier alpha value is -1.76. The number of rotatable bonds is 4. The Morgan fingerprint density at radius 2 is 1.82 bits per heavy atom. The van der Waals surface area contributed by atoms with Crippen LogP contribution in [-0.4, -0.2) is 0 Å². The Morgan fingerprint density at radius 1 is 1.12 bits per heavy atom. The topological polar surface area (TPSA) is 0 Å². The van der Waals surface area contributed by atoms with Gasteiger partial charge in [0.15, 0.2) is 0 Å². The number of hydrogen-bond acceptors (Lipinski definition) is 0. The van der Waals surface area contributed by atoms with Crippen molar-refractivity contribution in [3.05, 3.63) is 0 Å². The molecule has 0 aliphatic heterocycles. The first kappa shape index (κ1) is 15.2. The lowest BCUT2D eigenvalue weighted by Crippen LogP contribution is -2.17. The summed E-state index contributed by atoms with van der Waals surface area (Å²) in [5.74, 6) is 21.0. The first-order valence-corrected chi connectivity index (χ1v) is 6.03. The molecule has 0 aromatic heterocycles. The minimum Gasteiger partial charge on any atom is -0.106 e. The van der Waals surface area contributed by atoms with Gasteiger partial charge in [-0.15, -0.1) is 6.42 Å². The average molecular weight is 224 g/mol. The van der Waals surface area contributed by atoms with Gasteiger partial charge in [0.25, 0.3) is 0 Å². The molecule has 0 heterocycles. The Bertz CT molecular complexity index is 428. The molecule has 0 fully saturated rings. The van der Waals surface area contributed by atoms with Crippen molar-refractivity contribution in [3.8, 4) is 47.9 Å². The molecule has 3 unspecified atom stereocenters. The summed E-state index contributed by atoms with van der Waals surface area (Å²) in [5.41, 5.74) is 0. The molecule has 0 bridgehead atoms. The van der Waals surface area contributed by atoms with Crippen LogP contribution in [0.15, 0.2) is 0 Å². The summed E-state index contributed by atoms with van der Waals surface area (Å²) < 4.78 is 0. The van der Waals surface area contributed by atoms with E-state index in [0.29, 0.717) is 11.8 Å². The van der Waals surface area contributed by atoms with Gasteiger partial charge in [-0.2, -0.15) is 0 Å². The smallest absolute Gasteiger partial charge is 0.0350 e. The summed E-state index contributed by atoms with van der Waals surface area (Å²) in [6.45, 7) is 8.44. The van der Waals surface area contributed by atoms with Gasteiger partial charge in [0, 0.05) is 12.3 Å². The van der Waals surface area contributed by atoms with E-state index in [9.17, 15) is 0 Å². The fraction of sp³-hybridized carbons (Fsp3) is 0.529. The molecule has 88 valence electrons. The zero-order valence-corrected chi connectivity index (χ0v) is 11.2. The summed E-state index contributed by atoms with van der Waals surface area (Å²) in [5, 5.41) is 0. The monoisotopic (exact) mass is 224 g/mol. The summed E-state index contributed by atoms with van der Waals surface area (Å²) in [6.07, 6.45) is 7.08. The van der Waals surface area contributed by atoms with Gasteiger partial charge in [-0.25, -0.2) is 0 Å². The van der Waals surface area contributed by atoms with Crippen LogP contribution in [0.2, 0.25) is 0 Å². The fourth-order valence-corrected chi connectivity index (χ4v) is 1.54. The normalized spacial score (nSPS) is 13.4. The third kappa shape index (κ3) is 6.41. The highest BCUT2D eigenvalue weighted by atomic mass is 14.2. The van der Waals surface area contributed by atoms with Gasteiger partial charge >= 0.3 is 0 Å². The van der Waals surface area contributed by atoms with Crippen molar-refractivity contribution in [1.29, 1.82) is 0 Å². The molecule has 0 aliphatic carbocycles. The Kier molecular flexibility index (Phi) is 8.48. The van der Waals surface area contributed by atoms with E-state index in [1.807, 2.05) is 0 Å². The van der Waals surface area contributed by atoms with Crippen LogP contribution in [0.5, 0.6) is 0 Å². The van der Waals surface area contributed by atoms with Crippen molar-refractivity contribution in [1.82, 2.24) is 0 Å². The van der Waals surface area contributed by atoms with E-state index in [4.69, 9.17) is 6.42 Å². The SMILES string of the molecule is C#CC#CC(CC#CC#CC)C(C)C(C)CC. The highest BCUT2D eigenvalue weighted by Crippen LogP contribution is 2.25. The molecule has 0 N–H and O–H groups in total. The van der Waals surface area contributed by atoms with Crippen LogP contribution in [0.25, 0.3) is 0 Å². The number of hydrogen-bond donors (Lipinski definition) is 0. The van der Waals surface area contributed by atoms with Gasteiger partial charge in [0.05, 0.1) is 0 Å². The second-order valence-corrected chi connectivity index (χ2v) is 4.15. The highest BCUT2D eigenvalue weighted by molar-refractivity contribution is 5.27. The van der Waals surface area contributed by atoms with Crippen LogP contribution in [-0.2, 0) is 0 Å². The standard InChI is InChI=1S/C17H20/c1-6-9-11-12-14-17(13-10-7-2)16(5)15(4)8-3/h2,15-17H,8,14H2,1,3-5H3. The lowest BCUT2D eigenvalue weighted by Gasteiger charge is -2.22. The number of terminal acetylenes is 1. The molecular formula is C17H20.